The first-order valence-electron chi connectivity index (χ1n) is 5.37. The van der Waals surface area contributed by atoms with E-state index in [9.17, 15) is 8.42 Å². The highest BCUT2D eigenvalue weighted by atomic mass is 35.5. The van der Waals surface area contributed by atoms with Crippen molar-refractivity contribution in [2.75, 3.05) is 32.7 Å². The highest BCUT2D eigenvalue weighted by Gasteiger charge is 2.12. The van der Waals surface area contributed by atoms with Gasteiger partial charge in [-0.3, -0.25) is 0 Å². The van der Waals surface area contributed by atoms with Crippen LogP contribution in [0.25, 0.3) is 0 Å². The van der Waals surface area contributed by atoms with Gasteiger partial charge < -0.3 is 9.47 Å². The lowest BCUT2D eigenvalue weighted by atomic mass is 10.3. The number of nitrogens with one attached hydrogen (secondary N) is 1. The molecule has 1 aromatic carbocycles. The van der Waals surface area contributed by atoms with Gasteiger partial charge in [0.05, 0.1) is 17.4 Å². The van der Waals surface area contributed by atoms with Gasteiger partial charge in [0.15, 0.2) is 0 Å². The monoisotopic (exact) mass is 293 g/mol. The molecule has 0 saturated heterocycles. The Bertz CT molecular complexity index is 447. The molecule has 0 amide bonds. The van der Waals surface area contributed by atoms with E-state index < -0.39 is 10.0 Å². The maximum Gasteiger partial charge on any atom is 0.240 e. The van der Waals surface area contributed by atoms with E-state index in [2.05, 4.69) is 4.72 Å². The van der Waals surface area contributed by atoms with E-state index in [1.165, 1.54) is 19.2 Å². The van der Waals surface area contributed by atoms with Gasteiger partial charge in [-0.2, -0.15) is 0 Å². The summed E-state index contributed by atoms with van der Waals surface area (Å²) in [5, 5.41) is 0. The number of ether oxygens (including phenoxy) is 2. The van der Waals surface area contributed by atoms with Crippen LogP contribution in [-0.2, 0) is 14.8 Å². The second-order valence-electron chi connectivity index (χ2n) is 3.40. The molecule has 7 heteroatoms. The first-order valence-corrected chi connectivity index (χ1v) is 7.39. The molecule has 0 fully saturated rings. The largest absolute Gasteiger partial charge is 0.492 e. The summed E-state index contributed by atoms with van der Waals surface area (Å²) in [6.07, 6.45) is 0. The van der Waals surface area contributed by atoms with Crippen molar-refractivity contribution in [3.05, 3.63) is 24.3 Å². The highest BCUT2D eigenvalue weighted by molar-refractivity contribution is 7.89. The van der Waals surface area contributed by atoms with E-state index >= 15 is 0 Å². The summed E-state index contributed by atoms with van der Waals surface area (Å²) in [5.74, 6) is 0.977. The summed E-state index contributed by atoms with van der Waals surface area (Å²) in [7, 11) is -1.97. The number of alkyl halides is 1. The van der Waals surface area contributed by atoms with Crippen LogP contribution >= 0.6 is 11.6 Å². The Morgan fingerprint density at radius 2 is 1.89 bits per heavy atom. The second-order valence-corrected chi connectivity index (χ2v) is 5.54. The molecule has 0 spiro atoms. The summed E-state index contributed by atoms with van der Waals surface area (Å²) in [4.78, 5) is 0.192. The average Bonchev–Trinajstić information content (AvgIpc) is 2.37. The van der Waals surface area contributed by atoms with Crippen LogP contribution in [0.15, 0.2) is 29.2 Å². The fourth-order valence-corrected chi connectivity index (χ4v) is 2.32. The molecule has 0 aliphatic heterocycles. The van der Waals surface area contributed by atoms with E-state index in [0.29, 0.717) is 24.8 Å². The van der Waals surface area contributed by atoms with Gasteiger partial charge in [0, 0.05) is 13.7 Å². The van der Waals surface area contributed by atoms with Crippen molar-refractivity contribution in [2.24, 2.45) is 0 Å². The molecule has 0 saturated carbocycles. The summed E-state index contributed by atoms with van der Waals surface area (Å²) >= 11 is 5.48. The maximum atomic E-state index is 11.8. The quantitative estimate of drug-likeness (QED) is 0.578. The Labute approximate surface area is 112 Å². The molecule has 0 heterocycles. The van der Waals surface area contributed by atoms with Gasteiger partial charge >= 0.3 is 0 Å². The maximum absolute atomic E-state index is 11.8. The van der Waals surface area contributed by atoms with Crippen LogP contribution in [0.5, 0.6) is 5.75 Å². The Balaban J connectivity index is 2.65. The highest BCUT2D eigenvalue weighted by Crippen LogP contribution is 2.15. The standard InChI is InChI=1S/C11H16ClNO4S/c1-16-9-7-13-18(14,15)11-4-2-10(3-5-11)17-8-6-12/h2-5,13H,6-9H2,1H3. The smallest absolute Gasteiger partial charge is 0.240 e. The van der Waals surface area contributed by atoms with Crippen molar-refractivity contribution in [1.82, 2.24) is 4.72 Å². The molecule has 0 unspecified atom stereocenters. The van der Waals surface area contributed by atoms with Gasteiger partial charge in [-0.15, -0.1) is 11.6 Å². The van der Waals surface area contributed by atoms with Gasteiger partial charge in [-0.1, -0.05) is 0 Å². The Kier molecular flexibility index (Phi) is 6.42. The van der Waals surface area contributed by atoms with Gasteiger partial charge in [0.2, 0.25) is 10.0 Å². The SMILES string of the molecule is COCCNS(=O)(=O)c1ccc(OCCCl)cc1. The van der Waals surface area contributed by atoms with Crippen molar-refractivity contribution < 1.29 is 17.9 Å². The first kappa shape index (κ1) is 15.2. The fraction of sp³-hybridized carbons (Fsp3) is 0.455. The van der Waals surface area contributed by atoms with Crippen molar-refractivity contribution in [2.45, 2.75) is 4.90 Å². The Morgan fingerprint density at radius 1 is 1.22 bits per heavy atom. The lowest BCUT2D eigenvalue weighted by Gasteiger charge is -2.07. The third-order valence-corrected chi connectivity index (χ3v) is 3.71. The van der Waals surface area contributed by atoms with E-state index in [-0.39, 0.29) is 11.4 Å². The van der Waals surface area contributed by atoms with Gasteiger partial charge in [0.1, 0.15) is 12.4 Å². The second kappa shape index (κ2) is 7.58. The van der Waals surface area contributed by atoms with E-state index in [4.69, 9.17) is 21.1 Å². The molecule has 18 heavy (non-hydrogen) atoms. The van der Waals surface area contributed by atoms with Crippen molar-refractivity contribution in [3.63, 3.8) is 0 Å². The van der Waals surface area contributed by atoms with E-state index in [1.54, 1.807) is 12.1 Å². The van der Waals surface area contributed by atoms with Crippen molar-refractivity contribution in [1.29, 1.82) is 0 Å². The number of methoxy groups -OCH3 is 1. The lowest BCUT2D eigenvalue weighted by Crippen LogP contribution is -2.27. The minimum Gasteiger partial charge on any atom is -0.492 e. The zero-order valence-electron chi connectivity index (χ0n) is 10.1. The van der Waals surface area contributed by atoms with E-state index in [1.807, 2.05) is 0 Å². The molecule has 1 rings (SSSR count). The molecular weight excluding hydrogens is 278 g/mol. The minimum atomic E-state index is -3.48. The van der Waals surface area contributed by atoms with Crippen LogP contribution in [0, 0.1) is 0 Å². The molecule has 0 aliphatic carbocycles. The molecule has 102 valence electrons. The third kappa shape index (κ3) is 4.81. The number of rotatable bonds is 8. The average molecular weight is 294 g/mol. The number of halogens is 1. The zero-order chi connectivity index (χ0) is 13.4. The molecule has 0 bridgehead atoms. The summed E-state index contributed by atoms with van der Waals surface area (Å²) in [5.41, 5.74) is 0. The number of benzene rings is 1. The predicted molar refractivity (Wildman–Crippen MR) is 69.7 cm³/mol. The van der Waals surface area contributed by atoms with Gasteiger partial charge in [-0.05, 0) is 24.3 Å². The lowest BCUT2D eigenvalue weighted by molar-refractivity contribution is 0.204. The number of hydrogen-bond donors (Lipinski definition) is 1. The Hall–Kier alpha value is -0.820. The number of hydrogen-bond acceptors (Lipinski definition) is 4. The summed E-state index contributed by atoms with van der Waals surface area (Å²) in [6, 6.07) is 6.16. The first-order chi connectivity index (χ1) is 8.60. The molecule has 1 N–H and O–H groups in total. The molecular formula is C11H16ClNO4S. The van der Waals surface area contributed by atoms with Gasteiger partial charge in [0.25, 0.3) is 0 Å². The van der Waals surface area contributed by atoms with E-state index in [0.717, 1.165) is 0 Å². The molecule has 0 atom stereocenters. The minimum absolute atomic E-state index is 0.192. The van der Waals surface area contributed by atoms with Crippen LogP contribution in [0.3, 0.4) is 0 Å². The fourth-order valence-electron chi connectivity index (χ4n) is 1.23. The predicted octanol–water partition coefficient (Wildman–Crippen LogP) is 1.23. The van der Waals surface area contributed by atoms with Crippen molar-refractivity contribution >= 4 is 21.6 Å². The Morgan fingerprint density at radius 3 is 2.44 bits per heavy atom. The van der Waals surface area contributed by atoms with Gasteiger partial charge in [-0.25, -0.2) is 13.1 Å². The van der Waals surface area contributed by atoms with Crippen LogP contribution in [-0.4, -0.2) is 41.2 Å². The number of sulfonamides is 1. The molecule has 1 aromatic rings. The summed E-state index contributed by atoms with van der Waals surface area (Å²) in [6.45, 7) is 0.958. The summed E-state index contributed by atoms with van der Waals surface area (Å²) < 4.78 is 36.1. The molecule has 0 aromatic heterocycles. The van der Waals surface area contributed by atoms with Crippen molar-refractivity contribution in [3.8, 4) is 5.75 Å². The van der Waals surface area contributed by atoms with Crippen LogP contribution < -0.4 is 9.46 Å². The molecule has 5 nitrogen and oxygen atoms in total. The zero-order valence-corrected chi connectivity index (χ0v) is 11.6. The topological polar surface area (TPSA) is 64.6 Å². The molecule has 0 radical (unpaired) electrons. The van der Waals surface area contributed by atoms with Crippen LogP contribution in [0.1, 0.15) is 0 Å². The van der Waals surface area contributed by atoms with Crippen LogP contribution in [0.2, 0.25) is 0 Å². The normalized spacial score (nSPS) is 11.4. The molecule has 0 aliphatic rings. The van der Waals surface area contributed by atoms with Crippen LogP contribution in [0.4, 0.5) is 0 Å². The third-order valence-electron chi connectivity index (χ3n) is 2.08.